The third kappa shape index (κ3) is 3.67. The number of anilines is 1. The number of H-pyrrole nitrogens is 1. The van der Waals surface area contributed by atoms with Gasteiger partial charge in [0.25, 0.3) is 5.91 Å². The Hall–Kier alpha value is -3.86. The van der Waals surface area contributed by atoms with Crippen LogP contribution in [-0.2, 0) is 5.60 Å². The molecule has 4 aromatic heterocycles. The predicted octanol–water partition coefficient (Wildman–Crippen LogP) is 3.15. The molecule has 1 aliphatic carbocycles. The van der Waals surface area contributed by atoms with Crippen LogP contribution in [0.25, 0.3) is 16.8 Å². The summed E-state index contributed by atoms with van der Waals surface area (Å²) in [4.78, 5) is 27.8. The molecule has 0 radical (unpaired) electrons. The molecule has 4 aromatic rings. The van der Waals surface area contributed by atoms with Gasteiger partial charge in [-0.25, -0.2) is 4.98 Å². The highest BCUT2D eigenvalue weighted by Gasteiger charge is 2.46. The van der Waals surface area contributed by atoms with Gasteiger partial charge in [0.2, 0.25) is 5.82 Å². The number of carbonyl (C=O) groups excluding carboxylic acids is 1. The van der Waals surface area contributed by atoms with E-state index in [0.29, 0.717) is 28.9 Å². The number of fused-ring (bicyclic) bond motifs is 3. The lowest BCUT2D eigenvalue weighted by atomic mass is 9.85. The largest absolute Gasteiger partial charge is 0.384 e. The summed E-state index contributed by atoms with van der Waals surface area (Å²) in [6, 6.07) is 4.06. The van der Waals surface area contributed by atoms with Crippen LogP contribution < -0.4 is 5.73 Å². The molecule has 3 aliphatic rings. The van der Waals surface area contributed by atoms with Crippen molar-refractivity contribution in [2.24, 2.45) is 0 Å². The van der Waals surface area contributed by atoms with Crippen molar-refractivity contribution in [1.29, 1.82) is 0 Å². The van der Waals surface area contributed by atoms with Crippen molar-refractivity contribution < 1.29 is 9.90 Å². The normalized spacial score (nSPS) is 23.3. The minimum atomic E-state index is -1.02. The number of aromatic nitrogens is 7. The van der Waals surface area contributed by atoms with E-state index in [1.54, 1.807) is 30.8 Å². The second kappa shape index (κ2) is 8.32. The molecule has 3 fully saturated rings. The lowest BCUT2D eigenvalue weighted by Crippen LogP contribution is -2.46. The van der Waals surface area contributed by atoms with Crippen molar-refractivity contribution in [1.82, 2.24) is 39.7 Å². The van der Waals surface area contributed by atoms with Crippen LogP contribution in [0, 0.1) is 0 Å². The second-order valence-electron chi connectivity index (χ2n) is 11.5. The minimum Gasteiger partial charge on any atom is -0.384 e. The van der Waals surface area contributed by atoms with Crippen molar-refractivity contribution in [2.75, 3.05) is 5.73 Å². The topological polar surface area (TPSA) is 151 Å². The van der Waals surface area contributed by atoms with Crippen LogP contribution >= 0.6 is 0 Å². The van der Waals surface area contributed by atoms with Gasteiger partial charge in [-0.15, -0.1) is 10.2 Å². The highest BCUT2D eigenvalue weighted by Crippen LogP contribution is 2.50. The maximum Gasteiger partial charge on any atom is 0.292 e. The van der Waals surface area contributed by atoms with E-state index in [2.05, 4.69) is 25.3 Å². The molecule has 3 atom stereocenters. The summed E-state index contributed by atoms with van der Waals surface area (Å²) in [6.45, 7) is 3.44. The van der Waals surface area contributed by atoms with Gasteiger partial charge < -0.3 is 20.7 Å². The SMILES string of the molecule is CC(C)(O)c1ccc(-c2cnn3c(N)c(C4CC4)c([C@H]4C[C@H]5CC[C@@H](C4)N5C(=O)c4nnc[nH]4)nc23)cn1. The molecule has 7 rings (SSSR count). The summed E-state index contributed by atoms with van der Waals surface area (Å²) in [5.41, 5.74) is 11.0. The first-order chi connectivity index (χ1) is 18.3. The number of aromatic amines is 1. The van der Waals surface area contributed by atoms with E-state index in [1.165, 1.54) is 6.33 Å². The number of hydrogen-bond donors (Lipinski definition) is 3. The summed E-state index contributed by atoms with van der Waals surface area (Å²) in [5, 5.41) is 22.7. The average molecular weight is 514 g/mol. The van der Waals surface area contributed by atoms with Gasteiger partial charge in [0.1, 0.15) is 17.7 Å². The van der Waals surface area contributed by atoms with E-state index < -0.39 is 5.60 Å². The summed E-state index contributed by atoms with van der Waals surface area (Å²) in [5.74, 6) is 1.52. The van der Waals surface area contributed by atoms with Gasteiger partial charge >= 0.3 is 0 Å². The molecule has 4 N–H and O–H groups in total. The standard InChI is InChI=1S/C27H31N9O2/c1-27(2,38)20-8-5-15(11-29-20)19-12-32-36-23(28)21(14-3-4-14)22(33-25(19)36)16-9-17-6-7-18(10-16)35(17)26(37)24-30-13-31-34-24/h5,8,11-14,16-18,38H,3-4,6-7,9-10,28H2,1-2H3,(H,30,31,34)/t16-,17+,18-. The maximum absolute atomic E-state index is 13.2. The summed E-state index contributed by atoms with van der Waals surface area (Å²) in [6.07, 6.45) is 10.9. The van der Waals surface area contributed by atoms with Crippen LogP contribution in [0.4, 0.5) is 5.82 Å². The Kier molecular flexibility index (Phi) is 5.10. The Morgan fingerprint density at radius 3 is 2.47 bits per heavy atom. The fourth-order valence-electron chi connectivity index (χ4n) is 6.43. The smallest absolute Gasteiger partial charge is 0.292 e. The number of carbonyl (C=O) groups is 1. The number of rotatable bonds is 5. The Labute approximate surface area is 219 Å². The van der Waals surface area contributed by atoms with Gasteiger partial charge in [-0.05, 0) is 64.4 Å². The first-order valence-electron chi connectivity index (χ1n) is 13.3. The third-order valence-electron chi connectivity index (χ3n) is 8.41. The number of hydrogen-bond acceptors (Lipinski definition) is 8. The molecule has 2 bridgehead atoms. The second-order valence-corrected chi connectivity index (χ2v) is 11.5. The molecule has 1 amide bonds. The highest BCUT2D eigenvalue weighted by molar-refractivity contribution is 5.91. The molecule has 38 heavy (non-hydrogen) atoms. The van der Waals surface area contributed by atoms with Crippen molar-refractivity contribution in [3.63, 3.8) is 0 Å². The predicted molar refractivity (Wildman–Crippen MR) is 139 cm³/mol. The fourth-order valence-corrected chi connectivity index (χ4v) is 6.43. The summed E-state index contributed by atoms with van der Waals surface area (Å²) < 4.78 is 1.76. The zero-order valence-electron chi connectivity index (χ0n) is 21.5. The fraction of sp³-hybridized carbons (Fsp3) is 0.481. The number of nitrogens with zero attached hydrogens (tertiary/aromatic N) is 7. The number of amides is 1. The molecule has 0 aromatic carbocycles. The quantitative estimate of drug-likeness (QED) is 0.368. The first kappa shape index (κ1) is 23.3. The molecule has 0 spiro atoms. The average Bonchev–Trinajstić information content (AvgIpc) is 3.29. The zero-order valence-corrected chi connectivity index (χ0v) is 21.5. The van der Waals surface area contributed by atoms with Crippen LogP contribution in [0.2, 0.25) is 0 Å². The Balaban J connectivity index is 1.27. The minimum absolute atomic E-state index is 0.0705. The van der Waals surface area contributed by atoms with Crippen LogP contribution in [0.3, 0.4) is 0 Å². The summed E-state index contributed by atoms with van der Waals surface area (Å²) in [7, 11) is 0. The molecule has 6 heterocycles. The maximum atomic E-state index is 13.2. The van der Waals surface area contributed by atoms with E-state index in [-0.39, 0.29) is 23.9 Å². The lowest BCUT2D eigenvalue weighted by molar-refractivity contribution is 0.0557. The number of nitrogens with one attached hydrogen (secondary N) is 1. The number of aliphatic hydroxyl groups is 1. The highest BCUT2D eigenvalue weighted by atomic mass is 16.3. The Bertz CT molecular complexity index is 1500. The van der Waals surface area contributed by atoms with Crippen LogP contribution in [0.15, 0.2) is 30.9 Å². The van der Waals surface area contributed by atoms with Gasteiger partial charge in [0.05, 0.1) is 17.6 Å². The van der Waals surface area contributed by atoms with Crippen molar-refractivity contribution in [3.8, 4) is 11.1 Å². The van der Waals surface area contributed by atoms with Crippen LogP contribution in [0.1, 0.15) is 91.8 Å². The van der Waals surface area contributed by atoms with Crippen molar-refractivity contribution in [2.45, 2.75) is 81.9 Å². The summed E-state index contributed by atoms with van der Waals surface area (Å²) >= 11 is 0. The number of pyridine rings is 1. The van der Waals surface area contributed by atoms with Gasteiger partial charge in [-0.2, -0.15) is 9.61 Å². The van der Waals surface area contributed by atoms with E-state index in [1.807, 2.05) is 17.0 Å². The number of nitrogen functional groups attached to an aromatic ring is 1. The Morgan fingerprint density at radius 2 is 1.87 bits per heavy atom. The molecular formula is C27H31N9O2. The lowest BCUT2D eigenvalue weighted by Gasteiger charge is -2.39. The number of piperidine rings is 1. The van der Waals surface area contributed by atoms with Gasteiger partial charge in [0.15, 0.2) is 5.65 Å². The molecule has 11 heteroatoms. The molecule has 2 aliphatic heterocycles. The monoisotopic (exact) mass is 513 g/mol. The van der Waals surface area contributed by atoms with Crippen molar-refractivity contribution in [3.05, 3.63) is 53.6 Å². The van der Waals surface area contributed by atoms with Crippen LogP contribution in [-0.4, -0.2) is 62.8 Å². The molecule has 0 unspecified atom stereocenters. The van der Waals surface area contributed by atoms with E-state index >= 15 is 0 Å². The molecule has 196 valence electrons. The third-order valence-corrected chi connectivity index (χ3v) is 8.41. The van der Waals surface area contributed by atoms with Crippen molar-refractivity contribution >= 4 is 17.4 Å². The van der Waals surface area contributed by atoms with Gasteiger partial charge in [-0.1, -0.05) is 6.07 Å². The zero-order chi connectivity index (χ0) is 26.2. The van der Waals surface area contributed by atoms with E-state index in [9.17, 15) is 9.90 Å². The molecule has 2 saturated heterocycles. The number of nitrogens with two attached hydrogens (primary N) is 1. The van der Waals surface area contributed by atoms with Crippen LogP contribution in [0.5, 0.6) is 0 Å². The van der Waals surface area contributed by atoms with E-state index in [0.717, 1.165) is 60.9 Å². The molecule has 11 nitrogen and oxygen atoms in total. The van der Waals surface area contributed by atoms with Gasteiger partial charge in [-0.3, -0.25) is 9.78 Å². The van der Waals surface area contributed by atoms with Gasteiger partial charge in [0, 0.05) is 40.9 Å². The van der Waals surface area contributed by atoms with E-state index in [4.69, 9.17) is 10.7 Å². The molecular weight excluding hydrogens is 482 g/mol. The first-order valence-corrected chi connectivity index (χ1v) is 13.3. The molecule has 1 saturated carbocycles. The Morgan fingerprint density at radius 1 is 1.11 bits per heavy atom.